The summed E-state index contributed by atoms with van der Waals surface area (Å²) in [6, 6.07) is 54.1. The number of halogens is 3. The molecule has 0 aliphatic carbocycles. The third-order valence-corrected chi connectivity index (χ3v) is 11.7. The van der Waals surface area contributed by atoms with Crippen LogP contribution in [0.2, 0.25) is 0 Å². The van der Waals surface area contributed by atoms with E-state index in [0.29, 0.717) is 78.5 Å². The van der Waals surface area contributed by atoms with E-state index in [0.717, 1.165) is 22.6 Å². The molecule has 0 amide bonds. The molecule has 320 valence electrons. The van der Waals surface area contributed by atoms with Gasteiger partial charge in [0, 0.05) is 38.6 Å². The van der Waals surface area contributed by atoms with Gasteiger partial charge in [0.1, 0.15) is 0 Å². The molecule has 0 saturated carbocycles. The average Bonchev–Trinajstić information content (AvgIpc) is 3.71. The minimum Gasteiger partial charge on any atom is -0.308 e. The van der Waals surface area contributed by atoms with Gasteiger partial charge >= 0.3 is 6.18 Å². The fourth-order valence-electron chi connectivity index (χ4n) is 8.70. The Morgan fingerprint density at radius 3 is 1.57 bits per heavy atom. The second-order valence-corrected chi connectivity index (χ2v) is 16.1. The number of nitriles is 2. The van der Waals surface area contributed by atoms with E-state index < -0.39 is 11.7 Å². The number of rotatable bonds is 7. The van der Waals surface area contributed by atoms with Crippen LogP contribution in [0.3, 0.4) is 0 Å². The molecular weight excluding hydrogens is 854 g/mol. The van der Waals surface area contributed by atoms with Crippen LogP contribution in [0.15, 0.2) is 170 Å². The van der Waals surface area contributed by atoms with Crippen LogP contribution in [-0.2, 0) is 6.18 Å². The number of benzene rings is 8. The Hall–Kier alpha value is -9.68. The zero-order valence-corrected chi connectivity index (χ0v) is 35.9. The normalized spacial score (nSPS) is 11.2. The number of aromatic nitrogens is 4. The van der Waals surface area contributed by atoms with Crippen molar-refractivity contribution in [3.05, 3.63) is 215 Å². The van der Waals surface area contributed by atoms with Crippen LogP contribution < -0.4 is 0 Å². The highest BCUT2D eigenvalue weighted by atomic mass is 19.4. The van der Waals surface area contributed by atoms with Crippen molar-refractivity contribution < 1.29 is 13.2 Å². The van der Waals surface area contributed by atoms with Crippen molar-refractivity contribution in [1.82, 2.24) is 19.5 Å². The molecular formula is C57H31F3N8. The van der Waals surface area contributed by atoms with Crippen LogP contribution in [0, 0.1) is 42.7 Å². The van der Waals surface area contributed by atoms with Crippen LogP contribution in [0.25, 0.3) is 105 Å². The highest BCUT2D eigenvalue weighted by molar-refractivity contribution is 6.12. The number of aryl methyl sites for hydroxylation is 1. The van der Waals surface area contributed by atoms with E-state index in [1.807, 2.05) is 102 Å². The van der Waals surface area contributed by atoms with Gasteiger partial charge in [-0.1, -0.05) is 121 Å². The fourth-order valence-corrected chi connectivity index (χ4v) is 8.70. The van der Waals surface area contributed by atoms with Crippen molar-refractivity contribution in [3.8, 4) is 85.4 Å². The molecule has 0 bridgehead atoms. The average molecular weight is 885 g/mol. The van der Waals surface area contributed by atoms with E-state index in [2.05, 4.69) is 21.8 Å². The molecule has 68 heavy (non-hydrogen) atoms. The van der Waals surface area contributed by atoms with E-state index in [4.69, 9.17) is 28.1 Å². The van der Waals surface area contributed by atoms with Crippen molar-refractivity contribution in [2.45, 2.75) is 13.1 Å². The number of fused-ring (bicyclic) bond motifs is 3. The van der Waals surface area contributed by atoms with Crippen LogP contribution in [0.1, 0.15) is 22.3 Å². The number of nitrogens with zero attached hydrogens (tertiary/aromatic N) is 8. The van der Waals surface area contributed by atoms with Gasteiger partial charge in [-0.05, 0) is 83.8 Å². The molecule has 8 aromatic carbocycles. The first-order chi connectivity index (χ1) is 33.0. The summed E-state index contributed by atoms with van der Waals surface area (Å²) in [5.41, 5.74) is 6.93. The number of alkyl halides is 3. The van der Waals surface area contributed by atoms with Gasteiger partial charge in [0.25, 0.3) is 0 Å². The molecule has 2 heterocycles. The second-order valence-electron chi connectivity index (χ2n) is 16.1. The first-order valence-electron chi connectivity index (χ1n) is 21.2. The van der Waals surface area contributed by atoms with Gasteiger partial charge in [-0.15, -0.1) is 0 Å². The number of para-hydroxylation sites is 1. The third-order valence-electron chi connectivity index (χ3n) is 11.7. The molecule has 8 nitrogen and oxygen atoms in total. The minimum absolute atomic E-state index is 0.0367. The molecule has 10 aromatic rings. The van der Waals surface area contributed by atoms with E-state index in [1.165, 1.54) is 18.2 Å². The summed E-state index contributed by atoms with van der Waals surface area (Å²) in [5, 5.41) is 22.0. The molecule has 0 spiro atoms. The summed E-state index contributed by atoms with van der Waals surface area (Å²) in [6.45, 7) is 17.7. The van der Waals surface area contributed by atoms with Crippen molar-refractivity contribution in [3.63, 3.8) is 0 Å². The van der Waals surface area contributed by atoms with Crippen molar-refractivity contribution >= 4 is 33.2 Å². The molecule has 2 aromatic heterocycles. The Labute approximate surface area is 388 Å². The minimum atomic E-state index is -4.61. The highest BCUT2D eigenvalue weighted by Crippen LogP contribution is 2.47. The number of hydrogen-bond acceptors (Lipinski definition) is 5. The second kappa shape index (κ2) is 17.0. The van der Waals surface area contributed by atoms with Gasteiger partial charge in [-0.25, -0.2) is 24.6 Å². The van der Waals surface area contributed by atoms with Gasteiger partial charge in [-0.2, -0.15) is 23.7 Å². The van der Waals surface area contributed by atoms with Crippen LogP contribution in [0.5, 0.6) is 0 Å². The van der Waals surface area contributed by atoms with Crippen molar-refractivity contribution in [1.29, 1.82) is 10.5 Å². The summed E-state index contributed by atoms with van der Waals surface area (Å²) in [5.74, 6) is 1.11. The Morgan fingerprint density at radius 2 is 1.01 bits per heavy atom. The SMILES string of the molecule is [C-]#[N+]c1cc([N+]#[C-])cc(-c2cc(-c3nc(-c4ccccc4)nc(-c4ccccc4)n3)cc(-c3cc(C#N)cc(C#N)c3)c2-n2c3ccccc3c3cc(-c4ccc(C)cc4C(F)(F)F)ccc32)c1. The molecule has 0 saturated heterocycles. The monoisotopic (exact) mass is 884 g/mol. The molecule has 11 heteroatoms. The van der Waals surface area contributed by atoms with Crippen LogP contribution in [-0.4, -0.2) is 19.5 Å². The summed E-state index contributed by atoms with van der Waals surface area (Å²) < 4.78 is 45.8. The van der Waals surface area contributed by atoms with Crippen molar-refractivity contribution in [2.75, 3.05) is 0 Å². The summed E-state index contributed by atoms with van der Waals surface area (Å²) in [7, 11) is 0. The number of hydrogen-bond donors (Lipinski definition) is 0. The molecule has 0 unspecified atom stereocenters. The van der Waals surface area contributed by atoms with Crippen LogP contribution in [0.4, 0.5) is 24.5 Å². The molecule has 0 atom stereocenters. The van der Waals surface area contributed by atoms with Gasteiger partial charge in [0.05, 0.1) is 58.7 Å². The molecule has 0 N–H and O–H groups in total. The fraction of sp³-hybridized carbons (Fsp3) is 0.0351. The molecule has 0 aliphatic rings. The van der Waals surface area contributed by atoms with E-state index in [1.54, 1.807) is 55.5 Å². The van der Waals surface area contributed by atoms with Gasteiger partial charge < -0.3 is 4.57 Å². The predicted octanol–water partition coefficient (Wildman–Crippen LogP) is 15.1. The quantitative estimate of drug-likeness (QED) is 0.148. The Kier molecular flexibility index (Phi) is 10.6. The van der Waals surface area contributed by atoms with Crippen LogP contribution >= 0.6 is 0 Å². The maximum atomic E-state index is 14.6. The highest BCUT2D eigenvalue weighted by Gasteiger charge is 2.34. The van der Waals surface area contributed by atoms with E-state index in [9.17, 15) is 23.7 Å². The zero-order valence-electron chi connectivity index (χ0n) is 35.9. The van der Waals surface area contributed by atoms with E-state index >= 15 is 0 Å². The van der Waals surface area contributed by atoms with Gasteiger partial charge in [0.2, 0.25) is 0 Å². The smallest absolute Gasteiger partial charge is 0.308 e. The summed E-state index contributed by atoms with van der Waals surface area (Å²) in [6.07, 6.45) is -4.61. The largest absolute Gasteiger partial charge is 0.417 e. The Bertz CT molecular complexity index is 3630. The molecule has 0 fully saturated rings. The topological polar surface area (TPSA) is 99.9 Å². The first kappa shape index (κ1) is 42.3. The molecule has 10 rings (SSSR count). The first-order valence-corrected chi connectivity index (χ1v) is 21.2. The Balaban J connectivity index is 1.36. The Morgan fingerprint density at radius 1 is 0.485 bits per heavy atom. The van der Waals surface area contributed by atoms with E-state index in [-0.39, 0.29) is 28.1 Å². The lowest BCUT2D eigenvalue weighted by atomic mass is 9.90. The lowest BCUT2D eigenvalue weighted by molar-refractivity contribution is -0.137. The molecule has 0 aliphatic heterocycles. The predicted molar refractivity (Wildman–Crippen MR) is 258 cm³/mol. The summed E-state index contributed by atoms with van der Waals surface area (Å²) in [4.78, 5) is 22.5. The summed E-state index contributed by atoms with van der Waals surface area (Å²) >= 11 is 0. The third kappa shape index (κ3) is 7.73. The molecule has 0 radical (unpaired) electrons. The lowest BCUT2D eigenvalue weighted by Gasteiger charge is -2.22. The van der Waals surface area contributed by atoms with Gasteiger partial charge in [0.15, 0.2) is 28.8 Å². The maximum absolute atomic E-state index is 14.6. The van der Waals surface area contributed by atoms with Gasteiger partial charge in [-0.3, -0.25) is 0 Å². The zero-order chi connectivity index (χ0) is 47.1. The maximum Gasteiger partial charge on any atom is 0.417 e. The van der Waals surface area contributed by atoms with Crippen molar-refractivity contribution in [2.24, 2.45) is 0 Å². The standard InChI is InChI=1S/C57H31F3N8/c1-34-18-20-45(50(22-34)57(58,59)60)39-19-21-52-49(28-39)46-16-10-11-17-51(46)68(52)53-47(40-24-35(32-61)23-36(25-40)33-62)29-42(30-48(53)41-26-43(63-2)31-44(27-41)64-3)56-66-54(37-12-6-4-7-13-37)65-55(67-56)38-14-8-5-9-15-38/h4-31H,1H3. The lowest BCUT2D eigenvalue weighted by Crippen LogP contribution is -2.07.